The Morgan fingerprint density at radius 2 is 1.95 bits per heavy atom. The fourth-order valence-corrected chi connectivity index (χ4v) is 1.81. The van der Waals surface area contributed by atoms with E-state index >= 15 is 0 Å². The number of ether oxygens (including phenoxy) is 1. The molecule has 3 heteroatoms. The predicted molar refractivity (Wildman–Crippen MR) is 72.8 cm³/mol. The minimum atomic E-state index is -0.260. The molecule has 2 aromatic rings. The van der Waals surface area contributed by atoms with Crippen molar-refractivity contribution in [1.82, 2.24) is 0 Å². The van der Waals surface area contributed by atoms with Crippen LogP contribution in [0.1, 0.15) is 29.3 Å². The quantitative estimate of drug-likeness (QED) is 0.608. The molecule has 0 aliphatic carbocycles. The van der Waals surface area contributed by atoms with E-state index in [1.54, 1.807) is 6.07 Å². The highest BCUT2D eigenvalue weighted by Crippen LogP contribution is 2.01. The fraction of sp³-hybridized carbons (Fsp3) is 0.250. The molecule has 0 saturated heterocycles. The molecule has 0 saturated carbocycles. The summed E-state index contributed by atoms with van der Waals surface area (Å²) in [6.07, 6.45) is 4.61. The van der Waals surface area contributed by atoms with Crippen molar-refractivity contribution in [1.29, 1.82) is 0 Å². The van der Waals surface area contributed by atoms with Gasteiger partial charge in [0, 0.05) is 11.6 Å². The van der Waals surface area contributed by atoms with Crippen LogP contribution in [0.15, 0.2) is 54.9 Å². The van der Waals surface area contributed by atoms with Gasteiger partial charge in [-0.3, -0.25) is 0 Å². The molecule has 2 rings (SSSR count). The van der Waals surface area contributed by atoms with Crippen LogP contribution in [0.3, 0.4) is 0 Å². The van der Waals surface area contributed by atoms with Crippen molar-refractivity contribution in [2.24, 2.45) is 0 Å². The largest absolute Gasteiger partial charge is 0.462 e. The van der Waals surface area contributed by atoms with Crippen molar-refractivity contribution in [2.75, 3.05) is 6.61 Å². The van der Waals surface area contributed by atoms with Crippen LogP contribution in [0.25, 0.3) is 0 Å². The number of aromatic nitrogens is 1. The van der Waals surface area contributed by atoms with Crippen LogP contribution in [0.4, 0.5) is 0 Å². The van der Waals surface area contributed by atoms with E-state index in [0.29, 0.717) is 12.2 Å². The molecule has 0 unspecified atom stereocenters. The molecule has 1 aromatic carbocycles. The van der Waals surface area contributed by atoms with Crippen molar-refractivity contribution in [3.05, 3.63) is 66.0 Å². The minimum Gasteiger partial charge on any atom is -0.462 e. The summed E-state index contributed by atoms with van der Waals surface area (Å²) in [6.45, 7) is 3.19. The van der Waals surface area contributed by atoms with Crippen molar-refractivity contribution >= 4 is 5.97 Å². The average Bonchev–Trinajstić information content (AvgIpc) is 2.46. The molecule has 1 heterocycles. The number of nitrogens with zero attached hydrogens (tertiary/aromatic N) is 1. The molecule has 0 bridgehead atoms. The number of hydrogen-bond donors (Lipinski definition) is 0. The SMILES string of the molecule is CCCOC(=O)c1ccc[n+](Cc2ccccc2)c1. The third-order valence-corrected chi connectivity index (χ3v) is 2.74. The lowest BCUT2D eigenvalue weighted by Crippen LogP contribution is -2.34. The van der Waals surface area contributed by atoms with E-state index in [9.17, 15) is 4.79 Å². The Morgan fingerprint density at radius 1 is 1.16 bits per heavy atom. The average molecular weight is 256 g/mol. The van der Waals surface area contributed by atoms with Crippen molar-refractivity contribution < 1.29 is 14.1 Å². The van der Waals surface area contributed by atoms with Gasteiger partial charge < -0.3 is 4.74 Å². The zero-order chi connectivity index (χ0) is 13.5. The van der Waals surface area contributed by atoms with Gasteiger partial charge in [-0.25, -0.2) is 4.79 Å². The lowest BCUT2D eigenvalue weighted by atomic mass is 10.2. The van der Waals surface area contributed by atoms with Crippen molar-refractivity contribution in [3.63, 3.8) is 0 Å². The Balaban J connectivity index is 2.09. The van der Waals surface area contributed by atoms with Gasteiger partial charge in [-0.1, -0.05) is 37.3 Å². The van der Waals surface area contributed by atoms with E-state index in [1.165, 1.54) is 5.56 Å². The molecule has 0 fully saturated rings. The lowest BCUT2D eigenvalue weighted by Gasteiger charge is -2.02. The topological polar surface area (TPSA) is 30.2 Å². The zero-order valence-electron chi connectivity index (χ0n) is 11.1. The summed E-state index contributed by atoms with van der Waals surface area (Å²) in [7, 11) is 0. The Kier molecular flexibility index (Phi) is 4.67. The smallest absolute Gasteiger partial charge is 0.344 e. The summed E-state index contributed by atoms with van der Waals surface area (Å²) in [5.74, 6) is -0.260. The summed E-state index contributed by atoms with van der Waals surface area (Å²) < 4.78 is 7.11. The standard InChI is InChI=1S/C16H18NO2/c1-2-11-19-16(18)15-9-6-10-17(13-15)12-14-7-4-3-5-8-14/h3-10,13H,2,11-12H2,1H3/q+1. The number of benzene rings is 1. The number of pyridine rings is 1. The van der Waals surface area contributed by atoms with Crippen LogP contribution in [0.5, 0.6) is 0 Å². The zero-order valence-corrected chi connectivity index (χ0v) is 11.1. The van der Waals surface area contributed by atoms with E-state index in [4.69, 9.17) is 4.74 Å². The van der Waals surface area contributed by atoms with Gasteiger partial charge in [0.1, 0.15) is 5.56 Å². The van der Waals surface area contributed by atoms with E-state index in [2.05, 4.69) is 12.1 Å². The summed E-state index contributed by atoms with van der Waals surface area (Å²) in [4.78, 5) is 11.8. The first kappa shape index (κ1) is 13.3. The molecule has 19 heavy (non-hydrogen) atoms. The number of hydrogen-bond acceptors (Lipinski definition) is 2. The van der Waals surface area contributed by atoms with Gasteiger partial charge in [0.05, 0.1) is 6.61 Å². The van der Waals surface area contributed by atoms with E-state index in [1.807, 2.05) is 48.1 Å². The molecule has 0 atom stereocenters. The Morgan fingerprint density at radius 3 is 2.68 bits per heavy atom. The van der Waals surface area contributed by atoms with Crippen LogP contribution >= 0.6 is 0 Å². The molecule has 0 radical (unpaired) electrons. The van der Waals surface area contributed by atoms with Gasteiger partial charge in [0.2, 0.25) is 0 Å². The van der Waals surface area contributed by atoms with Gasteiger partial charge in [0.25, 0.3) is 0 Å². The number of carbonyl (C=O) groups is 1. The first-order chi connectivity index (χ1) is 9.29. The fourth-order valence-electron chi connectivity index (χ4n) is 1.81. The van der Waals surface area contributed by atoms with E-state index in [0.717, 1.165) is 13.0 Å². The molecule has 98 valence electrons. The van der Waals surface area contributed by atoms with Gasteiger partial charge in [0.15, 0.2) is 18.9 Å². The maximum Gasteiger partial charge on any atom is 0.344 e. The van der Waals surface area contributed by atoms with Crippen molar-refractivity contribution in [3.8, 4) is 0 Å². The molecular formula is C16H18NO2+. The highest BCUT2D eigenvalue weighted by molar-refractivity contribution is 5.88. The number of rotatable bonds is 5. The minimum absolute atomic E-state index is 0.260. The second-order valence-corrected chi connectivity index (χ2v) is 4.39. The molecule has 0 N–H and O–H groups in total. The first-order valence-corrected chi connectivity index (χ1v) is 6.49. The maximum atomic E-state index is 11.8. The Bertz CT molecular complexity index is 537. The maximum absolute atomic E-state index is 11.8. The summed E-state index contributed by atoms with van der Waals surface area (Å²) >= 11 is 0. The third kappa shape index (κ3) is 3.91. The lowest BCUT2D eigenvalue weighted by molar-refractivity contribution is -0.688. The van der Waals surface area contributed by atoms with E-state index < -0.39 is 0 Å². The Labute approximate surface area is 113 Å². The first-order valence-electron chi connectivity index (χ1n) is 6.49. The second kappa shape index (κ2) is 6.69. The van der Waals surface area contributed by atoms with Gasteiger partial charge >= 0.3 is 5.97 Å². The van der Waals surface area contributed by atoms with Crippen LogP contribution in [-0.2, 0) is 11.3 Å². The number of carbonyl (C=O) groups excluding carboxylic acids is 1. The molecule has 1 aromatic heterocycles. The molecular weight excluding hydrogens is 238 g/mol. The van der Waals surface area contributed by atoms with Gasteiger partial charge in [-0.15, -0.1) is 0 Å². The van der Waals surface area contributed by atoms with Crippen LogP contribution < -0.4 is 4.57 Å². The van der Waals surface area contributed by atoms with Gasteiger partial charge in [-0.2, -0.15) is 4.57 Å². The highest BCUT2D eigenvalue weighted by Gasteiger charge is 2.11. The van der Waals surface area contributed by atoms with Crippen LogP contribution in [-0.4, -0.2) is 12.6 Å². The molecule has 0 spiro atoms. The normalized spacial score (nSPS) is 10.2. The third-order valence-electron chi connectivity index (χ3n) is 2.74. The predicted octanol–water partition coefficient (Wildman–Crippen LogP) is 2.59. The molecule has 0 aliphatic rings. The molecule has 0 aliphatic heterocycles. The summed E-state index contributed by atoms with van der Waals surface area (Å²) in [5, 5.41) is 0. The molecule has 3 nitrogen and oxygen atoms in total. The summed E-state index contributed by atoms with van der Waals surface area (Å²) in [5.41, 5.74) is 1.79. The summed E-state index contributed by atoms with van der Waals surface area (Å²) in [6, 6.07) is 13.8. The number of esters is 1. The van der Waals surface area contributed by atoms with Crippen LogP contribution in [0, 0.1) is 0 Å². The monoisotopic (exact) mass is 256 g/mol. The van der Waals surface area contributed by atoms with Gasteiger partial charge in [-0.05, 0) is 12.5 Å². The van der Waals surface area contributed by atoms with E-state index in [-0.39, 0.29) is 5.97 Å². The second-order valence-electron chi connectivity index (χ2n) is 4.39. The Hall–Kier alpha value is -2.16. The highest BCUT2D eigenvalue weighted by atomic mass is 16.5. The van der Waals surface area contributed by atoms with Crippen LogP contribution in [0.2, 0.25) is 0 Å². The molecule has 0 amide bonds. The van der Waals surface area contributed by atoms with Crippen molar-refractivity contribution in [2.45, 2.75) is 19.9 Å².